The molecule has 2 heteroatoms. The van der Waals surface area contributed by atoms with E-state index in [1.165, 1.54) is 12.0 Å². The molecular weight excluding hydrogens is 174 g/mol. The molecule has 1 heterocycles. The average Bonchev–Trinajstić information content (AvgIpc) is 2.72. The second kappa shape index (κ2) is 4.47. The van der Waals surface area contributed by atoms with E-state index in [0.29, 0.717) is 0 Å². The van der Waals surface area contributed by atoms with Crippen molar-refractivity contribution in [2.75, 3.05) is 20.2 Å². The van der Waals surface area contributed by atoms with Crippen LogP contribution < -0.4 is 10.1 Å². The zero-order valence-corrected chi connectivity index (χ0v) is 8.57. The molecule has 1 aromatic carbocycles. The van der Waals surface area contributed by atoms with Gasteiger partial charge < -0.3 is 4.74 Å². The summed E-state index contributed by atoms with van der Waals surface area (Å²) in [4.78, 5) is 0. The monoisotopic (exact) mass is 190 g/mol. The highest BCUT2D eigenvalue weighted by atomic mass is 16.5. The van der Waals surface area contributed by atoms with Crippen molar-refractivity contribution >= 4 is 0 Å². The summed E-state index contributed by atoms with van der Waals surface area (Å²) in [5.74, 6) is 1.70. The highest BCUT2D eigenvalue weighted by molar-refractivity contribution is 5.27. The van der Waals surface area contributed by atoms with Gasteiger partial charge in [-0.25, -0.2) is 5.32 Å². The van der Waals surface area contributed by atoms with Gasteiger partial charge >= 0.3 is 0 Å². The minimum Gasteiger partial charge on any atom is -0.497 e. The fourth-order valence-corrected chi connectivity index (χ4v) is 1.90. The van der Waals surface area contributed by atoms with Gasteiger partial charge in [-0.05, 0) is 36.5 Å². The molecule has 1 unspecified atom stereocenters. The van der Waals surface area contributed by atoms with Crippen LogP contribution in [0.25, 0.3) is 0 Å². The first-order chi connectivity index (χ1) is 6.88. The Morgan fingerprint density at radius 2 is 2.14 bits per heavy atom. The third-order valence-electron chi connectivity index (χ3n) is 2.77. The molecule has 2 rings (SSSR count). The fraction of sp³-hybridized carbons (Fsp3) is 0.500. The van der Waals surface area contributed by atoms with Crippen LogP contribution in [0.1, 0.15) is 12.0 Å². The summed E-state index contributed by atoms with van der Waals surface area (Å²) in [7, 11) is 1.70. The van der Waals surface area contributed by atoms with Gasteiger partial charge in [0.05, 0.1) is 7.11 Å². The minimum absolute atomic E-state index is 0.767. The number of rotatable bonds is 3. The van der Waals surface area contributed by atoms with Crippen LogP contribution in [0.5, 0.6) is 5.75 Å². The predicted octanol–water partition coefficient (Wildman–Crippen LogP) is 1.86. The molecule has 1 saturated heterocycles. The second-order valence-electron chi connectivity index (χ2n) is 3.84. The Hall–Kier alpha value is -1.02. The molecule has 0 saturated carbocycles. The molecule has 75 valence electrons. The molecule has 1 atom stereocenters. The van der Waals surface area contributed by atoms with E-state index in [0.717, 1.165) is 31.2 Å². The normalized spacial score (nSPS) is 21.1. The average molecular weight is 190 g/mol. The first kappa shape index (κ1) is 9.53. The smallest absolute Gasteiger partial charge is 0.118 e. The lowest BCUT2D eigenvalue weighted by atomic mass is 9.99. The number of ether oxygens (including phenoxy) is 1. The summed E-state index contributed by atoms with van der Waals surface area (Å²) in [6.07, 6.45) is 2.42. The van der Waals surface area contributed by atoms with Gasteiger partial charge in [0.1, 0.15) is 5.75 Å². The van der Waals surface area contributed by atoms with Gasteiger partial charge in [-0.2, -0.15) is 0 Å². The first-order valence-electron chi connectivity index (χ1n) is 5.14. The number of benzene rings is 1. The van der Waals surface area contributed by atoms with Crippen molar-refractivity contribution in [2.45, 2.75) is 12.8 Å². The maximum Gasteiger partial charge on any atom is 0.118 e. The molecule has 0 bridgehead atoms. The van der Waals surface area contributed by atoms with E-state index in [9.17, 15) is 0 Å². The molecule has 1 aliphatic heterocycles. The van der Waals surface area contributed by atoms with E-state index < -0.39 is 0 Å². The number of hydrogen-bond acceptors (Lipinski definition) is 1. The van der Waals surface area contributed by atoms with Gasteiger partial charge in [-0.3, -0.25) is 0 Å². The highest BCUT2D eigenvalue weighted by Crippen LogP contribution is 2.18. The van der Waals surface area contributed by atoms with Crippen molar-refractivity contribution in [1.82, 2.24) is 5.32 Å². The topological polar surface area (TPSA) is 23.3 Å². The summed E-state index contributed by atoms with van der Waals surface area (Å²) >= 11 is 0. The number of nitrogens with zero attached hydrogens (tertiary/aromatic N) is 1. The van der Waals surface area contributed by atoms with Crippen molar-refractivity contribution in [2.24, 2.45) is 5.92 Å². The van der Waals surface area contributed by atoms with Gasteiger partial charge in [0, 0.05) is 13.1 Å². The molecule has 0 amide bonds. The lowest BCUT2D eigenvalue weighted by Gasteiger charge is -2.08. The summed E-state index contributed by atoms with van der Waals surface area (Å²) < 4.78 is 5.12. The van der Waals surface area contributed by atoms with E-state index in [-0.39, 0.29) is 0 Å². The molecule has 0 aromatic heterocycles. The van der Waals surface area contributed by atoms with Gasteiger partial charge in [0.15, 0.2) is 0 Å². The largest absolute Gasteiger partial charge is 0.497 e. The maximum atomic E-state index is 5.12. The number of methoxy groups -OCH3 is 1. The Labute approximate surface area is 85.3 Å². The van der Waals surface area contributed by atoms with Crippen molar-refractivity contribution in [3.05, 3.63) is 29.8 Å². The molecule has 0 N–H and O–H groups in total. The van der Waals surface area contributed by atoms with Crippen LogP contribution >= 0.6 is 0 Å². The van der Waals surface area contributed by atoms with Gasteiger partial charge in [-0.1, -0.05) is 12.1 Å². The van der Waals surface area contributed by atoms with Crippen LogP contribution in [0.15, 0.2) is 24.3 Å². The second-order valence-corrected chi connectivity index (χ2v) is 3.84. The Balaban J connectivity index is 1.95. The minimum atomic E-state index is 0.767. The predicted molar refractivity (Wildman–Crippen MR) is 56.7 cm³/mol. The lowest BCUT2D eigenvalue weighted by Crippen LogP contribution is -2.05. The van der Waals surface area contributed by atoms with Crippen molar-refractivity contribution < 1.29 is 4.74 Å². The lowest BCUT2D eigenvalue weighted by molar-refractivity contribution is 0.414. The van der Waals surface area contributed by atoms with Crippen LogP contribution in [0.3, 0.4) is 0 Å². The molecule has 1 radical (unpaired) electrons. The zero-order valence-electron chi connectivity index (χ0n) is 8.57. The van der Waals surface area contributed by atoms with Crippen molar-refractivity contribution in [3.8, 4) is 5.75 Å². The summed E-state index contributed by atoms with van der Waals surface area (Å²) in [6, 6.07) is 8.36. The maximum absolute atomic E-state index is 5.12. The molecule has 0 spiro atoms. The van der Waals surface area contributed by atoms with E-state index in [1.54, 1.807) is 7.11 Å². The van der Waals surface area contributed by atoms with Crippen LogP contribution in [0.4, 0.5) is 0 Å². The van der Waals surface area contributed by atoms with Crippen molar-refractivity contribution in [1.29, 1.82) is 0 Å². The third kappa shape index (κ3) is 2.26. The van der Waals surface area contributed by atoms with Crippen LogP contribution in [0, 0.1) is 5.92 Å². The standard InChI is InChI=1S/C12H16NO/c1-14-12-4-2-10(3-5-12)8-11-6-7-13-9-11/h2-5,11H,6-9H2,1H3. The number of hydrogen-bond donors (Lipinski definition) is 0. The third-order valence-corrected chi connectivity index (χ3v) is 2.77. The SMILES string of the molecule is COc1ccc(CC2CC[N]C2)cc1. The van der Waals surface area contributed by atoms with E-state index >= 15 is 0 Å². The fourth-order valence-electron chi connectivity index (χ4n) is 1.90. The Morgan fingerprint density at radius 1 is 1.36 bits per heavy atom. The quantitative estimate of drug-likeness (QED) is 0.713. The molecule has 1 aliphatic rings. The Bertz CT molecular complexity index is 275. The van der Waals surface area contributed by atoms with Crippen LogP contribution in [-0.4, -0.2) is 20.2 Å². The van der Waals surface area contributed by atoms with E-state index in [1.807, 2.05) is 12.1 Å². The van der Waals surface area contributed by atoms with Crippen LogP contribution in [-0.2, 0) is 6.42 Å². The Kier molecular flexibility index (Phi) is 3.04. The Morgan fingerprint density at radius 3 is 2.71 bits per heavy atom. The van der Waals surface area contributed by atoms with Crippen LogP contribution in [0.2, 0.25) is 0 Å². The highest BCUT2D eigenvalue weighted by Gasteiger charge is 2.15. The summed E-state index contributed by atoms with van der Waals surface area (Å²) in [5.41, 5.74) is 1.40. The van der Waals surface area contributed by atoms with E-state index in [4.69, 9.17) is 4.74 Å². The summed E-state index contributed by atoms with van der Waals surface area (Å²) in [5, 5.41) is 4.37. The van der Waals surface area contributed by atoms with Crippen molar-refractivity contribution in [3.63, 3.8) is 0 Å². The molecule has 14 heavy (non-hydrogen) atoms. The molecule has 1 aromatic rings. The van der Waals surface area contributed by atoms with Gasteiger partial charge in [0.25, 0.3) is 0 Å². The molecular formula is C12H16NO. The first-order valence-corrected chi connectivity index (χ1v) is 5.14. The van der Waals surface area contributed by atoms with Gasteiger partial charge in [-0.15, -0.1) is 0 Å². The summed E-state index contributed by atoms with van der Waals surface area (Å²) in [6.45, 7) is 2.10. The molecule has 1 fully saturated rings. The van der Waals surface area contributed by atoms with Gasteiger partial charge in [0.2, 0.25) is 0 Å². The molecule has 2 nitrogen and oxygen atoms in total. The molecule has 0 aliphatic carbocycles. The zero-order chi connectivity index (χ0) is 9.80. The van der Waals surface area contributed by atoms with E-state index in [2.05, 4.69) is 17.4 Å².